The second kappa shape index (κ2) is 5.06. The lowest BCUT2D eigenvalue weighted by Crippen LogP contribution is -2.22. The highest BCUT2D eigenvalue weighted by Gasteiger charge is 2.48. The molecule has 2 nitrogen and oxygen atoms in total. The van der Waals surface area contributed by atoms with Crippen LogP contribution in [0.5, 0.6) is 0 Å². The maximum atomic E-state index is 4.85. The first-order valence-corrected chi connectivity index (χ1v) is 7.82. The van der Waals surface area contributed by atoms with Crippen LogP contribution in [0, 0.1) is 0 Å². The molecule has 0 spiro atoms. The summed E-state index contributed by atoms with van der Waals surface area (Å²) in [6, 6.07) is 11.3. The minimum absolute atomic E-state index is 0.224. The smallest absolute Gasteiger partial charge is 0.103 e. The molecule has 1 fully saturated rings. The van der Waals surface area contributed by atoms with E-state index in [1.54, 1.807) is 0 Å². The van der Waals surface area contributed by atoms with E-state index in [0.717, 1.165) is 6.54 Å². The summed E-state index contributed by atoms with van der Waals surface area (Å²) >= 11 is 1.81. The van der Waals surface area contributed by atoms with E-state index in [2.05, 4.69) is 54.9 Å². The molecule has 1 aromatic carbocycles. The van der Waals surface area contributed by atoms with Gasteiger partial charge in [0, 0.05) is 23.4 Å². The zero-order chi connectivity index (χ0) is 13.3. The van der Waals surface area contributed by atoms with Crippen LogP contribution >= 0.6 is 11.3 Å². The summed E-state index contributed by atoms with van der Waals surface area (Å²) in [7, 11) is 0. The molecule has 0 saturated heterocycles. The van der Waals surface area contributed by atoms with Crippen LogP contribution in [-0.2, 0) is 12.0 Å². The van der Waals surface area contributed by atoms with Gasteiger partial charge in [-0.1, -0.05) is 44.2 Å². The summed E-state index contributed by atoms with van der Waals surface area (Å²) in [5.74, 6) is 0. The Morgan fingerprint density at radius 3 is 2.63 bits per heavy atom. The van der Waals surface area contributed by atoms with Crippen molar-refractivity contribution in [1.82, 2.24) is 10.3 Å². The average molecular weight is 272 g/mol. The van der Waals surface area contributed by atoms with Gasteiger partial charge in [-0.25, -0.2) is 4.98 Å². The number of nitrogens with one attached hydrogen (secondary N) is 1. The first-order chi connectivity index (χ1) is 9.21. The highest BCUT2D eigenvalue weighted by Crippen LogP contribution is 2.54. The van der Waals surface area contributed by atoms with Crippen molar-refractivity contribution in [2.45, 2.75) is 44.7 Å². The van der Waals surface area contributed by atoms with Gasteiger partial charge in [0.15, 0.2) is 0 Å². The van der Waals surface area contributed by atoms with Gasteiger partial charge in [-0.3, -0.25) is 0 Å². The van der Waals surface area contributed by atoms with E-state index >= 15 is 0 Å². The zero-order valence-corrected chi connectivity index (χ0v) is 12.3. The fraction of sp³-hybridized carbons (Fsp3) is 0.438. The van der Waals surface area contributed by atoms with Crippen molar-refractivity contribution in [1.29, 1.82) is 0 Å². The number of hydrogen-bond acceptors (Lipinski definition) is 3. The second-order valence-electron chi connectivity index (χ2n) is 5.63. The Bertz CT molecular complexity index is 541. The van der Waals surface area contributed by atoms with Gasteiger partial charge in [-0.2, -0.15) is 0 Å². The van der Waals surface area contributed by atoms with Crippen LogP contribution in [0.4, 0.5) is 0 Å². The molecule has 1 N–H and O–H groups in total. The lowest BCUT2D eigenvalue weighted by Gasteiger charge is -2.12. The predicted molar refractivity (Wildman–Crippen MR) is 80.5 cm³/mol. The Labute approximate surface area is 118 Å². The molecule has 1 aromatic heterocycles. The van der Waals surface area contributed by atoms with Gasteiger partial charge < -0.3 is 5.32 Å². The number of nitrogens with zero attached hydrogens (tertiary/aromatic N) is 1. The summed E-state index contributed by atoms with van der Waals surface area (Å²) < 4.78 is 0. The molecule has 3 heteroatoms. The van der Waals surface area contributed by atoms with Crippen molar-refractivity contribution in [3.63, 3.8) is 0 Å². The molecular weight excluding hydrogens is 252 g/mol. The third-order valence-corrected chi connectivity index (χ3v) is 4.82. The van der Waals surface area contributed by atoms with Gasteiger partial charge in [0.25, 0.3) is 0 Å². The normalized spacial score (nSPS) is 16.8. The molecule has 100 valence electrons. The van der Waals surface area contributed by atoms with Crippen molar-refractivity contribution < 1.29 is 0 Å². The van der Waals surface area contributed by atoms with Crippen LogP contribution in [0.25, 0.3) is 0 Å². The molecule has 2 aromatic rings. The fourth-order valence-corrected chi connectivity index (χ4v) is 3.53. The molecule has 0 unspecified atom stereocenters. The van der Waals surface area contributed by atoms with Gasteiger partial charge >= 0.3 is 0 Å². The van der Waals surface area contributed by atoms with Crippen LogP contribution in [0.1, 0.15) is 43.0 Å². The molecule has 19 heavy (non-hydrogen) atoms. The maximum absolute atomic E-state index is 4.85. The summed E-state index contributed by atoms with van der Waals surface area (Å²) in [4.78, 5) is 4.85. The van der Waals surface area contributed by atoms with Gasteiger partial charge in [0.05, 0.1) is 5.69 Å². The Morgan fingerprint density at radius 2 is 2.00 bits per heavy atom. The lowest BCUT2D eigenvalue weighted by molar-refractivity contribution is 0.581. The minimum atomic E-state index is 0.224. The van der Waals surface area contributed by atoms with E-state index in [1.165, 1.54) is 29.1 Å². The first kappa shape index (κ1) is 12.8. The van der Waals surface area contributed by atoms with E-state index in [9.17, 15) is 0 Å². The van der Waals surface area contributed by atoms with E-state index in [4.69, 9.17) is 4.98 Å². The predicted octanol–water partition coefficient (Wildman–Crippen LogP) is 3.72. The Balaban J connectivity index is 1.79. The van der Waals surface area contributed by atoms with Crippen molar-refractivity contribution in [2.24, 2.45) is 0 Å². The first-order valence-electron chi connectivity index (χ1n) is 6.94. The van der Waals surface area contributed by atoms with Crippen molar-refractivity contribution in [2.75, 3.05) is 0 Å². The summed E-state index contributed by atoms with van der Waals surface area (Å²) in [6.07, 6.45) is 2.48. The molecule has 1 aliphatic rings. The van der Waals surface area contributed by atoms with Crippen molar-refractivity contribution in [3.8, 4) is 0 Å². The highest BCUT2D eigenvalue weighted by atomic mass is 32.1. The van der Waals surface area contributed by atoms with Crippen LogP contribution in [-0.4, -0.2) is 11.0 Å². The Morgan fingerprint density at radius 1 is 1.26 bits per heavy atom. The summed E-state index contributed by atoms with van der Waals surface area (Å²) in [5.41, 5.74) is 2.82. The van der Waals surface area contributed by atoms with E-state index in [0.29, 0.717) is 6.04 Å². The molecular formula is C16H20N2S. The largest absolute Gasteiger partial charge is 0.309 e. The molecule has 0 aliphatic heterocycles. The molecule has 1 heterocycles. The molecule has 1 aliphatic carbocycles. The topological polar surface area (TPSA) is 24.9 Å². The molecule has 0 amide bonds. The van der Waals surface area contributed by atoms with E-state index < -0.39 is 0 Å². The molecule has 3 rings (SSSR count). The summed E-state index contributed by atoms with van der Waals surface area (Å²) in [6.45, 7) is 5.21. The number of rotatable bonds is 5. The van der Waals surface area contributed by atoms with Crippen LogP contribution in [0.3, 0.4) is 0 Å². The zero-order valence-electron chi connectivity index (χ0n) is 11.5. The SMILES string of the molecule is CC(C)NCc1csc(C2(c3ccccc3)CC2)n1. The molecule has 1 saturated carbocycles. The van der Waals surface area contributed by atoms with Crippen LogP contribution < -0.4 is 5.32 Å². The fourth-order valence-electron chi connectivity index (χ4n) is 2.42. The number of hydrogen-bond donors (Lipinski definition) is 1. The minimum Gasteiger partial charge on any atom is -0.309 e. The Hall–Kier alpha value is -1.19. The Kier molecular flexibility index (Phi) is 3.42. The lowest BCUT2D eigenvalue weighted by atomic mass is 9.97. The van der Waals surface area contributed by atoms with Crippen molar-refractivity contribution in [3.05, 3.63) is 52.0 Å². The van der Waals surface area contributed by atoms with Gasteiger partial charge in [-0.15, -0.1) is 11.3 Å². The highest BCUT2D eigenvalue weighted by molar-refractivity contribution is 7.09. The van der Waals surface area contributed by atoms with E-state index in [1.807, 2.05) is 11.3 Å². The molecule has 0 radical (unpaired) electrons. The monoisotopic (exact) mass is 272 g/mol. The summed E-state index contributed by atoms with van der Waals surface area (Å²) in [5, 5.41) is 6.92. The molecule has 0 bridgehead atoms. The molecule has 0 atom stereocenters. The van der Waals surface area contributed by atoms with Gasteiger partial charge in [-0.05, 0) is 18.4 Å². The van der Waals surface area contributed by atoms with Gasteiger partial charge in [0.2, 0.25) is 0 Å². The van der Waals surface area contributed by atoms with Gasteiger partial charge in [0.1, 0.15) is 5.01 Å². The second-order valence-corrected chi connectivity index (χ2v) is 6.49. The van der Waals surface area contributed by atoms with Crippen LogP contribution in [0.15, 0.2) is 35.7 Å². The third kappa shape index (κ3) is 2.58. The van der Waals surface area contributed by atoms with Crippen LogP contribution in [0.2, 0.25) is 0 Å². The quantitative estimate of drug-likeness (QED) is 0.897. The number of benzene rings is 1. The van der Waals surface area contributed by atoms with E-state index in [-0.39, 0.29) is 5.41 Å². The number of aromatic nitrogens is 1. The third-order valence-electron chi connectivity index (χ3n) is 3.73. The number of thiazole rings is 1. The standard InChI is InChI=1S/C16H20N2S/c1-12(2)17-10-14-11-19-15(18-14)16(8-9-16)13-6-4-3-5-7-13/h3-7,11-12,17H,8-10H2,1-2H3. The maximum Gasteiger partial charge on any atom is 0.103 e. The van der Waals surface area contributed by atoms with Crippen molar-refractivity contribution >= 4 is 11.3 Å². The average Bonchev–Trinajstić information content (AvgIpc) is 3.10.